The number of rotatable bonds is 2. The van der Waals surface area contributed by atoms with Gasteiger partial charge in [0.25, 0.3) is 0 Å². The lowest BCUT2D eigenvalue weighted by Gasteiger charge is -2.35. The molecular formula is C14H17ClN3O+. The fourth-order valence-electron chi connectivity index (χ4n) is 2.68. The lowest BCUT2D eigenvalue weighted by Crippen LogP contribution is -2.37. The minimum atomic E-state index is -0.0594. The van der Waals surface area contributed by atoms with Gasteiger partial charge in [0.2, 0.25) is 5.39 Å². The van der Waals surface area contributed by atoms with Gasteiger partial charge in [0.15, 0.2) is 10.7 Å². The summed E-state index contributed by atoms with van der Waals surface area (Å²) in [5.74, 6) is 0.274. The lowest BCUT2D eigenvalue weighted by atomic mass is 9.79. The Morgan fingerprint density at radius 1 is 1.47 bits per heavy atom. The number of halogens is 1. The molecule has 0 aliphatic carbocycles. The van der Waals surface area contributed by atoms with Crippen LogP contribution in [0.15, 0.2) is 36.2 Å². The third-order valence-electron chi connectivity index (χ3n) is 3.68. The minimum Gasteiger partial charge on any atom is -0.505 e. The molecule has 0 radical (unpaired) electrons. The first-order chi connectivity index (χ1) is 9.11. The highest BCUT2D eigenvalue weighted by Gasteiger charge is 2.33. The fraction of sp³-hybridized carbons (Fsp3) is 0.429. The number of benzene rings is 1. The maximum Gasteiger partial charge on any atom is 0.387 e. The average Bonchev–Trinajstić information content (AvgIpc) is 2.40. The summed E-state index contributed by atoms with van der Waals surface area (Å²) in [6.45, 7) is 1.72. The lowest BCUT2D eigenvalue weighted by molar-refractivity contribution is 0.166. The molecular weight excluding hydrogens is 262 g/mol. The Labute approximate surface area is 117 Å². The van der Waals surface area contributed by atoms with Crippen LogP contribution in [0.3, 0.4) is 0 Å². The van der Waals surface area contributed by atoms with Gasteiger partial charge in [0, 0.05) is 17.5 Å². The second kappa shape index (κ2) is 6.05. The molecule has 1 saturated heterocycles. The van der Waals surface area contributed by atoms with Crippen LogP contribution in [-0.4, -0.2) is 30.1 Å². The van der Waals surface area contributed by atoms with Gasteiger partial charge in [0.1, 0.15) is 0 Å². The van der Waals surface area contributed by atoms with E-state index in [2.05, 4.69) is 9.88 Å². The van der Waals surface area contributed by atoms with E-state index in [4.69, 9.17) is 17.0 Å². The van der Waals surface area contributed by atoms with Gasteiger partial charge < -0.3 is 10.0 Å². The SMILES string of the molecule is CN1CC[C@H](c2ccc(Cl)cc2)[C@@H](/C(O)=C/[N+]#N)C1. The van der Waals surface area contributed by atoms with Crippen molar-refractivity contribution in [2.75, 3.05) is 20.1 Å². The number of nitrogens with zero attached hydrogens (tertiary/aromatic N) is 3. The molecule has 0 unspecified atom stereocenters. The summed E-state index contributed by atoms with van der Waals surface area (Å²) in [6.07, 6.45) is 2.07. The maximum absolute atomic E-state index is 10.0. The number of likely N-dealkylation sites (tertiary alicyclic amines) is 1. The van der Waals surface area contributed by atoms with Crippen molar-refractivity contribution in [1.82, 2.24) is 4.90 Å². The van der Waals surface area contributed by atoms with Gasteiger partial charge in [-0.3, -0.25) is 0 Å². The van der Waals surface area contributed by atoms with E-state index in [9.17, 15) is 5.11 Å². The van der Waals surface area contributed by atoms with Crippen molar-refractivity contribution in [2.45, 2.75) is 12.3 Å². The fourth-order valence-corrected chi connectivity index (χ4v) is 2.80. The van der Waals surface area contributed by atoms with Gasteiger partial charge >= 0.3 is 6.20 Å². The monoisotopic (exact) mass is 278 g/mol. The molecule has 19 heavy (non-hydrogen) atoms. The number of hydrogen-bond acceptors (Lipinski definition) is 3. The summed E-state index contributed by atoms with van der Waals surface area (Å²) in [6, 6.07) is 7.72. The van der Waals surface area contributed by atoms with Crippen LogP contribution < -0.4 is 0 Å². The number of piperidine rings is 1. The zero-order chi connectivity index (χ0) is 13.8. The molecule has 0 amide bonds. The van der Waals surface area contributed by atoms with Crippen molar-refractivity contribution in [3.05, 3.63) is 51.8 Å². The van der Waals surface area contributed by atoms with E-state index < -0.39 is 0 Å². The molecule has 1 aliphatic heterocycles. The second-order valence-electron chi connectivity index (χ2n) is 4.98. The molecule has 100 valence electrons. The van der Waals surface area contributed by atoms with Crippen molar-refractivity contribution in [3.8, 4) is 0 Å². The highest BCUT2D eigenvalue weighted by Crippen LogP contribution is 2.36. The molecule has 0 spiro atoms. The topological polar surface area (TPSA) is 51.6 Å². The molecule has 2 atom stereocenters. The van der Waals surface area contributed by atoms with Crippen LogP contribution in [0.5, 0.6) is 0 Å². The Morgan fingerprint density at radius 2 is 2.16 bits per heavy atom. The Morgan fingerprint density at radius 3 is 2.79 bits per heavy atom. The van der Waals surface area contributed by atoms with E-state index in [1.54, 1.807) is 0 Å². The molecule has 2 rings (SSSR count). The third kappa shape index (κ3) is 3.25. The van der Waals surface area contributed by atoms with Gasteiger partial charge in [0.05, 0.1) is 0 Å². The summed E-state index contributed by atoms with van der Waals surface area (Å²) in [4.78, 5) is 5.09. The van der Waals surface area contributed by atoms with Gasteiger partial charge in [-0.25, -0.2) is 0 Å². The zero-order valence-corrected chi connectivity index (χ0v) is 11.6. The van der Waals surface area contributed by atoms with Crippen LogP contribution in [-0.2, 0) is 0 Å². The zero-order valence-electron chi connectivity index (χ0n) is 10.8. The van der Waals surface area contributed by atoms with Crippen LogP contribution in [0.1, 0.15) is 17.9 Å². The van der Waals surface area contributed by atoms with Gasteiger partial charge in [-0.1, -0.05) is 23.7 Å². The van der Waals surface area contributed by atoms with Crippen molar-refractivity contribution in [2.24, 2.45) is 5.92 Å². The first kappa shape index (κ1) is 13.9. The minimum absolute atomic E-state index is 0.0594. The number of aliphatic hydroxyl groups is 1. The Kier molecular flexibility index (Phi) is 4.41. The predicted molar refractivity (Wildman–Crippen MR) is 75.6 cm³/mol. The molecule has 1 aromatic rings. The summed E-state index contributed by atoms with van der Waals surface area (Å²) in [5, 5.41) is 19.3. The number of hydrogen-bond donors (Lipinski definition) is 1. The van der Waals surface area contributed by atoms with Crippen LogP contribution in [0, 0.1) is 11.3 Å². The summed E-state index contributed by atoms with van der Waals surface area (Å²) in [5.41, 5.74) is 1.15. The largest absolute Gasteiger partial charge is 0.505 e. The predicted octanol–water partition coefficient (Wildman–Crippen LogP) is 3.63. The van der Waals surface area contributed by atoms with Crippen LogP contribution in [0.2, 0.25) is 5.02 Å². The third-order valence-corrected chi connectivity index (χ3v) is 3.94. The Hall–Kier alpha value is -1.57. The normalized spacial score (nSPS) is 25.0. The summed E-state index contributed by atoms with van der Waals surface area (Å²) >= 11 is 5.91. The molecule has 1 aliphatic rings. The van der Waals surface area contributed by atoms with E-state index >= 15 is 0 Å². The van der Waals surface area contributed by atoms with E-state index in [-0.39, 0.29) is 17.6 Å². The highest BCUT2D eigenvalue weighted by atomic mass is 35.5. The molecule has 0 aromatic heterocycles. The molecule has 1 fully saturated rings. The van der Waals surface area contributed by atoms with Crippen molar-refractivity contribution in [3.63, 3.8) is 0 Å². The Bertz CT molecular complexity index is 506. The van der Waals surface area contributed by atoms with Crippen LogP contribution in [0.25, 0.3) is 4.98 Å². The molecule has 1 N–H and O–H groups in total. The van der Waals surface area contributed by atoms with Crippen LogP contribution >= 0.6 is 11.6 Å². The second-order valence-corrected chi connectivity index (χ2v) is 5.42. The van der Waals surface area contributed by atoms with Crippen molar-refractivity contribution >= 4 is 11.6 Å². The Balaban J connectivity index is 2.28. The van der Waals surface area contributed by atoms with E-state index in [0.29, 0.717) is 5.02 Å². The maximum atomic E-state index is 10.0. The first-order valence-electron chi connectivity index (χ1n) is 6.29. The van der Waals surface area contributed by atoms with Crippen LogP contribution in [0.4, 0.5) is 0 Å². The number of aliphatic hydroxyl groups excluding tert-OH is 1. The summed E-state index contributed by atoms with van der Waals surface area (Å²) in [7, 11) is 2.02. The van der Waals surface area contributed by atoms with Crippen molar-refractivity contribution < 1.29 is 5.11 Å². The molecule has 1 aromatic carbocycles. The quantitative estimate of drug-likeness (QED) is 0.664. The smallest absolute Gasteiger partial charge is 0.387 e. The first-order valence-corrected chi connectivity index (χ1v) is 6.67. The van der Waals surface area contributed by atoms with Gasteiger partial charge in [-0.15, -0.1) is 0 Å². The van der Waals surface area contributed by atoms with Gasteiger partial charge in [-0.2, -0.15) is 0 Å². The molecule has 0 saturated carbocycles. The average molecular weight is 279 g/mol. The molecule has 4 nitrogen and oxygen atoms in total. The standard InChI is InChI=1S/C14H16ClN3O/c1-18-7-6-12(10-2-4-11(15)5-3-10)13(9-18)14(19)8-17-16/h2-5,8,12-13H,6-7,9H2,1H3/p+1/b14-8-/t12-,13+/m1/s1. The van der Waals surface area contributed by atoms with Gasteiger partial charge in [-0.05, 0) is 43.6 Å². The number of diazo groups is 1. The van der Waals surface area contributed by atoms with E-state index in [1.807, 2.05) is 31.3 Å². The van der Waals surface area contributed by atoms with Crippen molar-refractivity contribution in [1.29, 1.82) is 5.39 Å². The molecule has 5 heteroatoms. The molecule has 0 bridgehead atoms. The van der Waals surface area contributed by atoms with E-state index in [0.717, 1.165) is 31.3 Å². The van der Waals surface area contributed by atoms with E-state index in [1.165, 1.54) is 0 Å². The molecule has 1 heterocycles. The highest BCUT2D eigenvalue weighted by molar-refractivity contribution is 6.30. The summed E-state index contributed by atoms with van der Waals surface area (Å²) < 4.78 is 0.